The van der Waals surface area contributed by atoms with Gasteiger partial charge in [-0.05, 0) is 42.5 Å². The van der Waals surface area contributed by atoms with Crippen molar-refractivity contribution < 1.29 is 41.6 Å². The van der Waals surface area contributed by atoms with Gasteiger partial charge in [-0.15, -0.1) is 12.6 Å². The zero-order valence-corrected chi connectivity index (χ0v) is 25.1. The van der Waals surface area contributed by atoms with Crippen LogP contribution in [0.5, 0.6) is 0 Å². The number of piperidine rings is 2. The number of aromatic nitrogens is 1. The average molecular weight is 628 g/mol. The van der Waals surface area contributed by atoms with Crippen molar-refractivity contribution >= 4 is 28.6 Å². The molecular weight excluding hydrogens is 590 g/mol. The van der Waals surface area contributed by atoms with Crippen molar-refractivity contribution in [1.29, 1.82) is 0 Å². The highest BCUT2D eigenvalue weighted by atomic mass is 32.2. The number of nitrogens with zero attached hydrogens (tertiary/aromatic N) is 3. The molecule has 2 amide bonds. The van der Waals surface area contributed by atoms with Crippen LogP contribution in [0.2, 0.25) is 0 Å². The van der Waals surface area contributed by atoms with Crippen LogP contribution in [0.4, 0.5) is 9.59 Å². The molecule has 0 aliphatic carbocycles. The van der Waals surface area contributed by atoms with Crippen molar-refractivity contribution in [3.8, 4) is 0 Å². The first-order chi connectivity index (χ1) is 21.2. The number of Topliss-reactive ketones (excluding diaryl/α,β-unsaturated/α-hetero) is 1. The van der Waals surface area contributed by atoms with Gasteiger partial charge in [0.1, 0.15) is 13.2 Å². The number of carbonyl (C=O) groups is 3. The molecule has 0 spiro atoms. The summed E-state index contributed by atoms with van der Waals surface area (Å²) < 4.78 is 35.7. The molecule has 5 rings (SSSR count). The number of ketones is 1. The summed E-state index contributed by atoms with van der Waals surface area (Å²) in [6.45, 7) is 2.39. The van der Waals surface area contributed by atoms with Crippen molar-refractivity contribution in [2.75, 3.05) is 26.2 Å². The number of hydrogen-bond acceptors (Lipinski definition) is 10. The van der Waals surface area contributed by atoms with Crippen molar-refractivity contribution in [3.63, 3.8) is 0 Å². The van der Waals surface area contributed by atoms with Gasteiger partial charge in [0.25, 0.3) is 0 Å². The number of β-amino-alcohol motifs (C(OH)–C–C–N with tert-alkyl or cyclic N) is 1. The number of likely N-dealkylation sites (tertiary alicyclic amines) is 2. The molecule has 2 fully saturated rings. The fourth-order valence-corrected chi connectivity index (χ4v) is 4.05. The van der Waals surface area contributed by atoms with Crippen LogP contribution in [-0.2, 0) is 38.1 Å². The molecule has 3 heterocycles. The highest BCUT2D eigenvalue weighted by Gasteiger charge is 2.23. The molecule has 2 saturated heterocycles. The third-order valence-corrected chi connectivity index (χ3v) is 6.14. The third kappa shape index (κ3) is 16.1. The third-order valence-electron chi connectivity index (χ3n) is 6.14. The predicted molar refractivity (Wildman–Crippen MR) is 160 cm³/mol. The highest BCUT2D eigenvalue weighted by molar-refractivity contribution is 7.59. The van der Waals surface area contributed by atoms with Crippen LogP contribution >= 0.6 is 0 Å². The first kappa shape index (κ1) is 35.6. The fourth-order valence-electron chi connectivity index (χ4n) is 4.05. The predicted octanol–water partition coefficient (Wildman–Crippen LogP) is 3.85. The lowest BCUT2D eigenvalue weighted by molar-refractivity contribution is -0.121. The molecule has 13 heteroatoms. The van der Waals surface area contributed by atoms with E-state index >= 15 is 0 Å². The SMILES string of the molecule is O=C(OCc1ccccc1)N1CCCC(O)C1.O=C1CCCN(C(=O)OCc2ccccc2)C1.O=S(=O)=O.c1ccncc1. The van der Waals surface area contributed by atoms with Crippen molar-refractivity contribution in [1.82, 2.24) is 14.8 Å². The second-order valence-corrected chi connectivity index (χ2v) is 10.0. The maximum atomic E-state index is 11.7. The Balaban J connectivity index is 0.000000235. The maximum absolute atomic E-state index is 11.7. The van der Waals surface area contributed by atoms with E-state index in [0.717, 1.165) is 30.4 Å². The minimum Gasteiger partial charge on any atom is -0.445 e. The molecule has 0 bridgehead atoms. The van der Waals surface area contributed by atoms with E-state index in [9.17, 15) is 19.5 Å². The Morgan fingerprint density at radius 1 is 0.773 bits per heavy atom. The number of amides is 2. The van der Waals surface area contributed by atoms with Gasteiger partial charge in [-0.25, -0.2) is 9.59 Å². The van der Waals surface area contributed by atoms with Crippen LogP contribution in [0.15, 0.2) is 91.3 Å². The van der Waals surface area contributed by atoms with E-state index in [-0.39, 0.29) is 31.6 Å². The standard InChI is InChI=1S/C13H17NO3.C13H15NO3.C5H5N.O3S/c2*15-12-7-4-8-14(9-12)13(16)17-10-11-5-2-1-3-6-11;1-2-4-6-5-3-1;1-4(2)3/h1-3,5-6,12,15H,4,7-10H2;1-3,5-6H,4,7-10H2;1-5H;. The lowest BCUT2D eigenvalue weighted by atomic mass is 10.1. The quantitative estimate of drug-likeness (QED) is 0.450. The zero-order chi connectivity index (χ0) is 32.0. The van der Waals surface area contributed by atoms with Crippen LogP contribution in [-0.4, -0.2) is 82.8 Å². The smallest absolute Gasteiger partial charge is 0.425 e. The summed E-state index contributed by atoms with van der Waals surface area (Å²) >= 11 is 0. The Morgan fingerprint density at radius 2 is 1.25 bits per heavy atom. The van der Waals surface area contributed by atoms with Gasteiger partial charge in [0, 0.05) is 38.4 Å². The van der Waals surface area contributed by atoms with E-state index in [1.165, 1.54) is 4.90 Å². The Morgan fingerprint density at radius 3 is 1.68 bits per heavy atom. The van der Waals surface area contributed by atoms with Crippen LogP contribution in [0.1, 0.15) is 36.8 Å². The summed E-state index contributed by atoms with van der Waals surface area (Å²) in [7, 11) is -3.11. The Labute approximate surface area is 258 Å². The molecule has 3 aromatic rings. The van der Waals surface area contributed by atoms with Gasteiger partial charge in [-0.3, -0.25) is 9.78 Å². The summed E-state index contributed by atoms with van der Waals surface area (Å²) in [5, 5.41) is 9.46. The molecule has 2 aromatic carbocycles. The fraction of sp³-hybridized carbons (Fsp3) is 0.355. The van der Waals surface area contributed by atoms with E-state index < -0.39 is 22.8 Å². The minimum absolute atomic E-state index is 0.105. The average Bonchev–Trinajstić information content (AvgIpc) is 3.04. The summed E-state index contributed by atoms with van der Waals surface area (Å²) in [5.41, 5.74) is 1.92. The number of aliphatic hydroxyl groups is 1. The van der Waals surface area contributed by atoms with Crippen LogP contribution in [0.25, 0.3) is 0 Å². The molecule has 1 unspecified atom stereocenters. The number of benzene rings is 2. The second-order valence-electron chi connectivity index (χ2n) is 9.61. The van der Waals surface area contributed by atoms with Gasteiger partial charge in [-0.1, -0.05) is 66.7 Å². The second kappa shape index (κ2) is 21.1. The lowest BCUT2D eigenvalue weighted by Crippen LogP contribution is -2.42. The van der Waals surface area contributed by atoms with Gasteiger partial charge in [0.05, 0.1) is 12.6 Å². The molecular formula is C31H37N3O9S. The number of pyridine rings is 1. The van der Waals surface area contributed by atoms with Gasteiger partial charge < -0.3 is 24.4 Å². The molecule has 0 saturated carbocycles. The molecule has 44 heavy (non-hydrogen) atoms. The minimum atomic E-state index is -3.11. The first-order valence-electron chi connectivity index (χ1n) is 14.0. The monoisotopic (exact) mass is 627 g/mol. The summed E-state index contributed by atoms with van der Waals surface area (Å²) in [6, 6.07) is 24.8. The largest absolute Gasteiger partial charge is 0.445 e. The first-order valence-corrected chi connectivity index (χ1v) is 15.0. The number of hydrogen-bond donors (Lipinski definition) is 1. The van der Waals surface area contributed by atoms with Crippen molar-refractivity contribution in [2.24, 2.45) is 0 Å². The zero-order valence-electron chi connectivity index (χ0n) is 24.3. The van der Waals surface area contributed by atoms with Crippen LogP contribution < -0.4 is 0 Å². The lowest BCUT2D eigenvalue weighted by Gasteiger charge is -2.29. The number of ether oxygens (including phenoxy) is 2. The van der Waals surface area contributed by atoms with Gasteiger partial charge in [-0.2, -0.15) is 0 Å². The Hall–Kier alpha value is -4.62. The molecule has 12 nitrogen and oxygen atoms in total. The number of carbonyl (C=O) groups excluding carboxylic acids is 3. The van der Waals surface area contributed by atoms with E-state index in [2.05, 4.69) is 4.98 Å². The van der Waals surface area contributed by atoms with Gasteiger partial charge in [0.15, 0.2) is 5.78 Å². The maximum Gasteiger partial charge on any atom is 0.425 e. The molecule has 1 aromatic heterocycles. The van der Waals surface area contributed by atoms with Crippen molar-refractivity contribution in [2.45, 2.75) is 45.0 Å². The van der Waals surface area contributed by atoms with Crippen LogP contribution in [0, 0.1) is 0 Å². The van der Waals surface area contributed by atoms with Crippen molar-refractivity contribution in [3.05, 3.63) is 102 Å². The molecule has 236 valence electrons. The molecule has 2 aliphatic rings. The van der Waals surface area contributed by atoms with Crippen LogP contribution in [0.3, 0.4) is 0 Å². The summed E-state index contributed by atoms with van der Waals surface area (Å²) in [6.07, 6.45) is 5.26. The molecule has 0 radical (unpaired) electrons. The summed E-state index contributed by atoms with van der Waals surface area (Å²) in [4.78, 5) is 41.4. The normalized spacial score (nSPS) is 15.5. The van der Waals surface area contributed by atoms with Gasteiger partial charge >= 0.3 is 22.8 Å². The van der Waals surface area contributed by atoms with Gasteiger partial charge in [0.2, 0.25) is 0 Å². The molecule has 2 aliphatic heterocycles. The van der Waals surface area contributed by atoms with E-state index in [1.54, 1.807) is 17.3 Å². The number of rotatable bonds is 4. The van der Waals surface area contributed by atoms with E-state index in [0.29, 0.717) is 26.1 Å². The molecule has 1 N–H and O–H groups in total. The van der Waals surface area contributed by atoms with E-state index in [1.807, 2.05) is 78.9 Å². The summed E-state index contributed by atoms with van der Waals surface area (Å²) in [5.74, 6) is 0.105. The number of aliphatic hydroxyl groups excluding tert-OH is 1. The van der Waals surface area contributed by atoms with E-state index in [4.69, 9.17) is 22.1 Å². The highest BCUT2D eigenvalue weighted by Crippen LogP contribution is 2.12. The molecule has 1 atom stereocenters. The topological polar surface area (TPSA) is 160 Å². The Kier molecular flexibility index (Phi) is 17.1. The Bertz CT molecular complexity index is 1330.